The summed E-state index contributed by atoms with van der Waals surface area (Å²) in [5.74, 6) is 0. The molecule has 0 spiro atoms. The maximum absolute atomic E-state index is 6.29. The van der Waals surface area contributed by atoms with Gasteiger partial charge in [-0.15, -0.1) is 0 Å². The zero-order valence-electron chi connectivity index (χ0n) is 13.0. The van der Waals surface area contributed by atoms with E-state index in [1.165, 1.54) is 12.0 Å². The molecular formula is C16H28BrN3. The Labute approximate surface area is 132 Å². The minimum absolute atomic E-state index is 0.121. The molecule has 0 heterocycles. The van der Waals surface area contributed by atoms with E-state index in [0.717, 1.165) is 37.1 Å². The second-order valence-electron chi connectivity index (χ2n) is 5.54. The summed E-state index contributed by atoms with van der Waals surface area (Å²) < 4.78 is 1.10. The normalized spacial score (nSPS) is 13.2. The standard InChI is InChI=1S/C16H28BrN3/c1-4-20(11-6-10-19(2)3)12-9-16(18)14-7-5-8-15(17)13-14/h5,7-8,13,16H,4,6,9-12,18H2,1-3H3. The van der Waals surface area contributed by atoms with Gasteiger partial charge in [-0.3, -0.25) is 0 Å². The molecule has 1 aromatic carbocycles. The van der Waals surface area contributed by atoms with Gasteiger partial charge < -0.3 is 15.5 Å². The van der Waals surface area contributed by atoms with Crippen LogP contribution in [0.25, 0.3) is 0 Å². The van der Waals surface area contributed by atoms with Crippen LogP contribution in [0.1, 0.15) is 31.4 Å². The summed E-state index contributed by atoms with van der Waals surface area (Å²) in [6.07, 6.45) is 2.22. The molecule has 20 heavy (non-hydrogen) atoms. The molecule has 0 aliphatic heterocycles. The highest BCUT2D eigenvalue weighted by Gasteiger charge is 2.09. The molecule has 0 saturated carbocycles. The van der Waals surface area contributed by atoms with Gasteiger partial charge in [0.05, 0.1) is 0 Å². The Morgan fingerprint density at radius 1 is 1.20 bits per heavy atom. The number of halogens is 1. The molecule has 2 N–H and O–H groups in total. The van der Waals surface area contributed by atoms with Gasteiger partial charge in [0.2, 0.25) is 0 Å². The second kappa shape index (κ2) is 9.50. The smallest absolute Gasteiger partial charge is 0.0307 e. The SMILES string of the molecule is CCN(CCCN(C)C)CCC(N)c1cccc(Br)c1. The molecule has 1 unspecified atom stereocenters. The molecular weight excluding hydrogens is 314 g/mol. The van der Waals surface area contributed by atoms with Crippen LogP contribution in [-0.4, -0.2) is 50.1 Å². The van der Waals surface area contributed by atoms with Crippen molar-refractivity contribution in [3.8, 4) is 0 Å². The first-order valence-corrected chi connectivity index (χ1v) is 8.20. The van der Waals surface area contributed by atoms with Crippen LogP contribution in [0.5, 0.6) is 0 Å². The molecule has 0 amide bonds. The van der Waals surface area contributed by atoms with E-state index in [2.05, 4.69) is 58.9 Å². The quantitative estimate of drug-likeness (QED) is 0.748. The molecule has 0 saturated heterocycles. The lowest BCUT2D eigenvalue weighted by Gasteiger charge is -2.23. The van der Waals surface area contributed by atoms with E-state index in [1.807, 2.05) is 12.1 Å². The second-order valence-corrected chi connectivity index (χ2v) is 6.46. The van der Waals surface area contributed by atoms with E-state index < -0.39 is 0 Å². The lowest BCUT2D eigenvalue weighted by Crippen LogP contribution is -2.30. The maximum atomic E-state index is 6.29. The van der Waals surface area contributed by atoms with Crippen molar-refractivity contribution in [1.82, 2.24) is 9.80 Å². The summed E-state index contributed by atoms with van der Waals surface area (Å²) in [5.41, 5.74) is 7.50. The predicted octanol–water partition coefficient (Wildman–Crippen LogP) is 3.11. The van der Waals surface area contributed by atoms with E-state index in [0.29, 0.717) is 0 Å². The summed E-state index contributed by atoms with van der Waals surface area (Å²) in [5, 5.41) is 0. The molecule has 1 atom stereocenters. The highest BCUT2D eigenvalue weighted by molar-refractivity contribution is 9.10. The van der Waals surface area contributed by atoms with Gasteiger partial charge in [0.15, 0.2) is 0 Å². The van der Waals surface area contributed by atoms with Gasteiger partial charge in [-0.2, -0.15) is 0 Å². The number of hydrogen-bond donors (Lipinski definition) is 1. The number of hydrogen-bond acceptors (Lipinski definition) is 3. The lowest BCUT2D eigenvalue weighted by molar-refractivity contribution is 0.257. The zero-order valence-corrected chi connectivity index (χ0v) is 14.6. The van der Waals surface area contributed by atoms with E-state index >= 15 is 0 Å². The van der Waals surface area contributed by atoms with Crippen LogP contribution in [-0.2, 0) is 0 Å². The van der Waals surface area contributed by atoms with Crippen LogP contribution in [0, 0.1) is 0 Å². The van der Waals surface area contributed by atoms with Gasteiger partial charge in [0.1, 0.15) is 0 Å². The van der Waals surface area contributed by atoms with Crippen LogP contribution in [0.3, 0.4) is 0 Å². The molecule has 0 bridgehead atoms. The van der Waals surface area contributed by atoms with Crippen molar-refractivity contribution >= 4 is 15.9 Å². The molecule has 4 heteroatoms. The van der Waals surface area contributed by atoms with Crippen molar-refractivity contribution in [3.63, 3.8) is 0 Å². The molecule has 0 fully saturated rings. The Kier molecular flexibility index (Phi) is 8.38. The third kappa shape index (κ3) is 6.84. The molecule has 1 rings (SSSR count). The Hall–Kier alpha value is -0.420. The van der Waals surface area contributed by atoms with Gasteiger partial charge in [-0.25, -0.2) is 0 Å². The van der Waals surface area contributed by atoms with Gasteiger partial charge in [0, 0.05) is 10.5 Å². The van der Waals surface area contributed by atoms with E-state index in [-0.39, 0.29) is 6.04 Å². The van der Waals surface area contributed by atoms with Gasteiger partial charge >= 0.3 is 0 Å². The first kappa shape index (κ1) is 17.6. The molecule has 0 aromatic heterocycles. The highest BCUT2D eigenvalue weighted by Crippen LogP contribution is 2.19. The molecule has 0 aliphatic rings. The minimum Gasteiger partial charge on any atom is -0.324 e. The third-order valence-electron chi connectivity index (χ3n) is 3.56. The van der Waals surface area contributed by atoms with Crippen LogP contribution in [0.4, 0.5) is 0 Å². The summed E-state index contributed by atoms with van der Waals surface area (Å²) >= 11 is 3.50. The fourth-order valence-corrected chi connectivity index (χ4v) is 2.68. The topological polar surface area (TPSA) is 32.5 Å². The van der Waals surface area contributed by atoms with Crippen LogP contribution < -0.4 is 5.73 Å². The Morgan fingerprint density at radius 2 is 1.95 bits per heavy atom. The summed E-state index contributed by atoms with van der Waals surface area (Å²) in [4.78, 5) is 4.72. The van der Waals surface area contributed by atoms with Gasteiger partial charge in [-0.05, 0) is 70.8 Å². The monoisotopic (exact) mass is 341 g/mol. The highest BCUT2D eigenvalue weighted by atomic mass is 79.9. The number of nitrogens with zero attached hydrogens (tertiary/aromatic N) is 2. The molecule has 0 radical (unpaired) electrons. The Bertz CT molecular complexity index is 382. The van der Waals surface area contributed by atoms with Crippen LogP contribution in [0.15, 0.2) is 28.7 Å². The average molecular weight is 342 g/mol. The molecule has 0 aliphatic carbocycles. The van der Waals surface area contributed by atoms with Crippen molar-refractivity contribution in [2.45, 2.75) is 25.8 Å². The summed E-state index contributed by atoms with van der Waals surface area (Å²) in [6, 6.07) is 8.43. The van der Waals surface area contributed by atoms with Crippen molar-refractivity contribution in [3.05, 3.63) is 34.3 Å². The molecule has 1 aromatic rings. The molecule has 3 nitrogen and oxygen atoms in total. The Morgan fingerprint density at radius 3 is 2.55 bits per heavy atom. The van der Waals surface area contributed by atoms with E-state index in [4.69, 9.17) is 5.73 Å². The summed E-state index contributed by atoms with van der Waals surface area (Å²) in [7, 11) is 4.25. The van der Waals surface area contributed by atoms with Crippen LogP contribution in [0.2, 0.25) is 0 Å². The van der Waals surface area contributed by atoms with Crippen LogP contribution >= 0.6 is 15.9 Å². The van der Waals surface area contributed by atoms with Gasteiger partial charge in [-0.1, -0.05) is 35.0 Å². The molecule has 114 valence electrons. The largest absolute Gasteiger partial charge is 0.324 e. The third-order valence-corrected chi connectivity index (χ3v) is 4.05. The number of rotatable bonds is 9. The first-order valence-electron chi connectivity index (χ1n) is 7.41. The van der Waals surface area contributed by atoms with Crippen molar-refractivity contribution in [2.75, 3.05) is 40.3 Å². The Balaban J connectivity index is 2.36. The minimum atomic E-state index is 0.121. The van der Waals surface area contributed by atoms with Crippen molar-refractivity contribution < 1.29 is 0 Å². The average Bonchev–Trinajstić information content (AvgIpc) is 2.41. The van der Waals surface area contributed by atoms with Crippen molar-refractivity contribution in [1.29, 1.82) is 0 Å². The zero-order chi connectivity index (χ0) is 15.0. The number of nitrogens with two attached hydrogens (primary N) is 1. The predicted molar refractivity (Wildman–Crippen MR) is 91.0 cm³/mol. The maximum Gasteiger partial charge on any atom is 0.0307 e. The van der Waals surface area contributed by atoms with Crippen molar-refractivity contribution in [2.24, 2.45) is 5.73 Å². The fraction of sp³-hybridized carbons (Fsp3) is 0.625. The lowest BCUT2D eigenvalue weighted by atomic mass is 10.0. The number of benzene rings is 1. The first-order chi connectivity index (χ1) is 9.52. The fourth-order valence-electron chi connectivity index (χ4n) is 2.26. The van der Waals surface area contributed by atoms with Gasteiger partial charge in [0.25, 0.3) is 0 Å². The summed E-state index contributed by atoms with van der Waals surface area (Å²) in [6.45, 7) is 6.69. The van der Waals surface area contributed by atoms with E-state index in [1.54, 1.807) is 0 Å². The van der Waals surface area contributed by atoms with E-state index in [9.17, 15) is 0 Å².